The Morgan fingerprint density at radius 1 is 1.17 bits per heavy atom. The van der Waals surface area contributed by atoms with Crippen molar-refractivity contribution < 1.29 is 38.5 Å². The highest BCUT2D eigenvalue weighted by Crippen LogP contribution is 1.87. The van der Waals surface area contributed by atoms with Gasteiger partial charge in [0.05, 0.1) is 12.2 Å². The number of aliphatic carboxylic acids is 2. The van der Waals surface area contributed by atoms with Gasteiger partial charge in [0.25, 0.3) is 0 Å². The lowest BCUT2D eigenvalue weighted by Gasteiger charge is -2.00. The van der Waals surface area contributed by atoms with Crippen LogP contribution in [-0.4, -0.2) is 54.6 Å². The topological polar surface area (TPSA) is 110 Å². The number of rotatable bonds is 6. The molecule has 0 unspecified atom stereocenters. The van der Waals surface area contributed by atoms with Gasteiger partial charge in [0, 0.05) is 6.61 Å². The molecule has 0 bridgehead atoms. The number of carboxylic acids is 2. The molecule has 0 fully saturated rings. The van der Waals surface area contributed by atoms with Crippen molar-refractivity contribution in [2.75, 3.05) is 26.5 Å². The summed E-state index contributed by atoms with van der Waals surface area (Å²) in [6.45, 7) is 4.45. The second kappa shape index (κ2) is 11.5. The highest BCUT2D eigenvalue weighted by Gasteiger charge is 2.11. The normalized spacial score (nSPS) is 8.78. The van der Waals surface area contributed by atoms with Crippen LogP contribution >= 0.6 is 0 Å². The molecule has 0 saturated carbocycles. The Bertz CT molecular complexity index is 301. The Labute approximate surface area is 103 Å². The second-order valence-electron chi connectivity index (χ2n) is 2.68. The molecule has 7 nitrogen and oxygen atoms in total. The molecule has 0 aromatic heterocycles. The fourth-order valence-corrected chi connectivity index (χ4v) is 0.457. The molecule has 0 aromatic carbocycles. The van der Waals surface area contributed by atoms with Crippen molar-refractivity contribution in [1.29, 1.82) is 0 Å². The molecule has 8 heteroatoms. The van der Waals surface area contributed by atoms with Gasteiger partial charge in [0.2, 0.25) is 0 Å². The number of carbonyl (C=O) groups is 3. The molecule has 0 amide bonds. The first-order valence-corrected chi connectivity index (χ1v) is 4.81. The van der Waals surface area contributed by atoms with Crippen molar-refractivity contribution in [3.63, 3.8) is 0 Å². The molecule has 0 heterocycles. The summed E-state index contributed by atoms with van der Waals surface area (Å²) in [4.78, 5) is 29.7. The van der Waals surface area contributed by atoms with Crippen molar-refractivity contribution in [3.8, 4) is 0 Å². The maximum absolute atomic E-state index is 11.2. The van der Waals surface area contributed by atoms with Crippen LogP contribution in [-0.2, 0) is 23.9 Å². The van der Waals surface area contributed by atoms with Crippen molar-refractivity contribution in [2.45, 2.75) is 6.92 Å². The molecule has 0 spiro atoms. The largest absolute Gasteiger partial charge is 0.478 e. The molecule has 0 saturated heterocycles. The van der Waals surface area contributed by atoms with Gasteiger partial charge in [0.1, 0.15) is 13.3 Å². The molecular weight excluding hydrogens is 251 g/mol. The fourth-order valence-electron chi connectivity index (χ4n) is 0.457. The van der Waals surface area contributed by atoms with Gasteiger partial charge in [0.15, 0.2) is 0 Å². The van der Waals surface area contributed by atoms with Crippen LogP contribution in [0.4, 0.5) is 4.39 Å². The van der Waals surface area contributed by atoms with Crippen LogP contribution in [0.2, 0.25) is 0 Å². The zero-order chi connectivity index (χ0) is 14.6. The van der Waals surface area contributed by atoms with Gasteiger partial charge in [-0.2, -0.15) is 0 Å². The lowest BCUT2D eigenvalue weighted by atomic mass is 10.3. The summed E-state index contributed by atoms with van der Waals surface area (Å²) >= 11 is 0. The van der Waals surface area contributed by atoms with Gasteiger partial charge >= 0.3 is 17.9 Å². The average molecular weight is 266 g/mol. The molecule has 18 heavy (non-hydrogen) atoms. The van der Waals surface area contributed by atoms with E-state index in [9.17, 15) is 18.8 Å². The van der Waals surface area contributed by atoms with Crippen LogP contribution in [0.15, 0.2) is 12.2 Å². The van der Waals surface area contributed by atoms with Gasteiger partial charge < -0.3 is 19.7 Å². The second-order valence-corrected chi connectivity index (χ2v) is 2.68. The first-order chi connectivity index (χ1) is 8.36. The van der Waals surface area contributed by atoms with Crippen molar-refractivity contribution in [2.24, 2.45) is 0 Å². The maximum atomic E-state index is 11.2. The molecule has 0 radical (unpaired) electrons. The summed E-state index contributed by atoms with van der Waals surface area (Å²) in [5.74, 6) is -4.10. The van der Waals surface area contributed by atoms with Gasteiger partial charge in [-0.15, -0.1) is 0 Å². The number of halogens is 1. The van der Waals surface area contributed by atoms with Gasteiger partial charge in [-0.05, 0) is 6.92 Å². The quantitative estimate of drug-likeness (QED) is 0.307. The number of ether oxygens (including phenoxy) is 2. The van der Waals surface area contributed by atoms with Crippen molar-refractivity contribution >= 4 is 17.9 Å². The Balaban J connectivity index is 0. The predicted octanol–water partition coefficient (Wildman–Crippen LogP) is 0.247. The molecule has 0 rings (SSSR count). The lowest BCUT2D eigenvalue weighted by Crippen LogP contribution is -2.18. The standard InChI is InChI=1S/C6H10O5.C4H5FO2/c1-2-10-3-4-11-6(9)5(7)8;1-3(2-5)4(6)7/h2-4H2,1H3,(H,7,8);1-2H2,(H,6,7). The number of esters is 1. The molecule has 104 valence electrons. The molecule has 2 N–H and O–H groups in total. The van der Waals surface area contributed by atoms with E-state index in [1.807, 2.05) is 0 Å². The first kappa shape index (κ1) is 18.4. The smallest absolute Gasteiger partial charge is 0.417 e. The van der Waals surface area contributed by atoms with Crippen LogP contribution in [0.3, 0.4) is 0 Å². The van der Waals surface area contributed by atoms with E-state index in [1.54, 1.807) is 6.92 Å². The summed E-state index contributed by atoms with van der Waals surface area (Å²) < 4.78 is 20.2. The van der Waals surface area contributed by atoms with Crippen LogP contribution in [0.1, 0.15) is 6.92 Å². The summed E-state index contributed by atoms with van der Waals surface area (Å²) in [6.07, 6.45) is 0. The Kier molecular flexibility index (Phi) is 11.8. The van der Waals surface area contributed by atoms with Crippen molar-refractivity contribution in [1.82, 2.24) is 0 Å². The molecular formula is C10H15FO7. The number of hydrogen-bond donors (Lipinski definition) is 2. The van der Waals surface area contributed by atoms with E-state index in [-0.39, 0.29) is 13.2 Å². The summed E-state index contributed by atoms with van der Waals surface area (Å²) in [5, 5.41) is 15.9. The summed E-state index contributed by atoms with van der Waals surface area (Å²) in [7, 11) is 0. The third-order valence-electron chi connectivity index (χ3n) is 1.30. The lowest BCUT2D eigenvalue weighted by molar-refractivity contribution is -0.164. The number of carbonyl (C=O) groups excluding carboxylic acids is 1. The van der Waals surface area contributed by atoms with Gasteiger partial charge in [-0.3, -0.25) is 0 Å². The summed E-state index contributed by atoms with van der Waals surface area (Å²) in [6, 6.07) is 0. The number of carboxylic acid groups (broad SMARTS) is 2. The Morgan fingerprint density at radius 2 is 1.72 bits per heavy atom. The monoisotopic (exact) mass is 266 g/mol. The zero-order valence-electron chi connectivity index (χ0n) is 9.85. The fraction of sp³-hybridized carbons (Fsp3) is 0.500. The van der Waals surface area contributed by atoms with E-state index in [4.69, 9.17) is 14.9 Å². The van der Waals surface area contributed by atoms with Crippen LogP contribution < -0.4 is 0 Å². The zero-order valence-corrected chi connectivity index (χ0v) is 9.85. The van der Waals surface area contributed by atoms with Crippen LogP contribution in [0.25, 0.3) is 0 Å². The Morgan fingerprint density at radius 3 is 2.00 bits per heavy atom. The number of hydrogen-bond acceptors (Lipinski definition) is 5. The van der Waals surface area contributed by atoms with E-state index in [1.165, 1.54) is 0 Å². The SMILES string of the molecule is C=C(CF)C(=O)O.CCOCCOC(=O)C(=O)O. The van der Waals surface area contributed by atoms with E-state index in [0.717, 1.165) is 0 Å². The third-order valence-corrected chi connectivity index (χ3v) is 1.30. The highest BCUT2D eigenvalue weighted by molar-refractivity contribution is 6.28. The molecule has 0 atom stereocenters. The maximum Gasteiger partial charge on any atom is 0.417 e. The average Bonchev–Trinajstić information content (AvgIpc) is 2.33. The predicted molar refractivity (Wildman–Crippen MR) is 57.8 cm³/mol. The van der Waals surface area contributed by atoms with Crippen LogP contribution in [0.5, 0.6) is 0 Å². The molecule has 0 aromatic rings. The molecule has 0 aliphatic rings. The van der Waals surface area contributed by atoms with Gasteiger partial charge in [-0.25, -0.2) is 18.8 Å². The van der Waals surface area contributed by atoms with Crippen LogP contribution in [0, 0.1) is 0 Å². The van der Waals surface area contributed by atoms with E-state index < -0.39 is 30.2 Å². The highest BCUT2D eigenvalue weighted by atomic mass is 19.1. The van der Waals surface area contributed by atoms with E-state index >= 15 is 0 Å². The van der Waals surface area contributed by atoms with E-state index in [2.05, 4.69) is 11.3 Å². The van der Waals surface area contributed by atoms with Crippen molar-refractivity contribution in [3.05, 3.63) is 12.2 Å². The summed E-state index contributed by atoms with van der Waals surface area (Å²) in [5.41, 5.74) is -0.403. The molecule has 0 aliphatic heterocycles. The third kappa shape index (κ3) is 12.1. The minimum absolute atomic E-state index is 0.0149. The first-order valence-electron chi connectivity index (χ1n) is 4.81. The van der Waals surface area contributed by atoms with Gasteiger partial charge in [-0.1, -0.05) is 6.58 Å². The van der Waals surface area contributed by atoms with E-state index in [0.29, 0.717) is 6.61 Å². The molecule has 0 aliphatic carbocycles. The minimum atomic E-state index is -1.58. The number of alkyl halides is 1. The minimum Gasteiger partial charge on any atom is -0.478 e. The Hall–Kier alpha value is -1.96.